The second-order valence-electron chi connectivity index (χ2n) is 6.76. The molecule has 0 aromatic carbocycles. The molecule has 1 aliphatic carbocycles. The van der Waals surface area contributed by atoms with Crippen molar-refractivity contribution in [3.8, 4) is 0 Å². The van der Waals surface area contributed by atoms with Crippen LogP contribution in [0.25, 0.3) is 0 Å². The fraction of sp³-hybridized carbons (Fsp3) is 0.667. The van der Waals surface area contributed by atoms with Crippen LogP contribution in [-0.4, -0.2) is 22.0 Å². The lowest BCUT2D eigenvalue weighted by molar-refractivity contribution is -0.137. The number of rotatable bonds is 6. The summed E-state index contributed by atoms with van der Waals surface area (Å²) in [7, 11) is 0. The number of hydrogen-bond donors (Lipinski definition) is 2. The molecule has 0 atom stereocenters. The largest absolute Gasteiger partial charge is 0.481 e. The maximum absolute atomic E-state index is 12.3. The molecule has 0 spiro atoms. The number of carboxylic acids is 1. The summed E-state index contributed by atoms with van der Waals surface area (Å²) < 4.78 is 0. The van der Waals surface area contributed by atoms with Crippen LogP contribution in [0.15, 0.2) is 5.38 Å². The molecule has 2 N–H and O–H groups in total. The highest BCUT2D eigenvalue weighted by molar-refractivity contribution is 7.13. The summed E-state index contributed by atoms with van der Waals surface area (Å²) in [6, 6.07) is 0. The molecule has 6 heteroatoms. The lowest BCUT2D eigenvalue weighted by atomic mass is 10.0. The molecular weight excluding hydrogens is 288 g/mol. The Balaban J connectivity index is 1.89. The van der Waals surface area contributed by atoms with E-state index in [1.807, 2.05) is 5.38 Å². The second-order valence-corrected chi connectivity index (χ2v) is 7.62. The molecule has 0 bridgehead atoms. The van der Waals surface area contributed by atoms with Gasteiger partial charge in [0.2, 0.25) is 5.91 Å². The van der Waals surface area contributed by atoms with Gasteiger partial charge in [0.15, 0.2) is 5.13 Å². The molecule has 1 aromatic heterocycles. The van der Waals surface area contributed by atoms with E-state index in [0.717, 1.165) is 5.69 Å². The Morgan fingerprint density at radius 1 is 1.33 bits per heavy atom. The Bertz CT molecular complexity index is 549. The van der Waals surface area contributed by atoms with Crippen LogP contribution >= 0.6 is 11.3 Å². The quantitative estimate of drug-likeness (QED) is 0.846. The van der Waals surface area contributed by atoms with Crippen molar-refractivity contribution in [3.05, 3.63) is 11.1 Å². The minimum atomic E-state index is -0.794. The minimum Gasteiger partial charge on any atom is -0.481 e. The fourth-order valence-electron chi connectivity index (χ4n) is 2.93. The topological polar surface area (TPSA) is 79.3 Å². The summed E-state index contributed by atoms with van der Waals surface area (Å²) >= 11 is 1.39. The predicted octanol–water partition coefficient (Wildman–Crippen LogP) is 3.17. The molecule has 2 rings (SSSR count). The molecule has 0 radical (unpaired) electrons. The first-order valence-corrected chi connectivity index (χ1v) is 8.01. The molecule has 5 nitrogen and oxygen atoms in total. The molecule has 1 heterocycles. The number of nitrogens with one attached hydrogen (secondary N) is 1. The van der Waals surface area contributed by atoms with E-state index in [2.05, 4.69) is 38.0 Å². The summed E-state index contributed by atoms with van der Waals surface area (Å²) in [4.78, 5) is 27.1. The predicted molar refractivity (Wildman–Crippen MR) is 82.4 cm³/mol. The van der Waals surface area contributed by atoms with Crippen LogP contribution in [-0.2, 0) is 16.0 Å². The Morgan fingerprint density at radius 2 is 1.95 bits per heavy atom. The molecule has 1 aliphatic rings. The Kier molecular flexibility index (Phi) is 4.10. The maximum Gasteiger partial charge on any atom is 0.303 e. The monoisotopic (exact) mass is 310 g/mol. The molecule has 0 saturated heterocycles. The van der Waals surface area contributed by atoms with Crippen molar-refractivity contribution < 1.29 is 14.7 Å². The van der Waals surface area contributed by atoms with E-state index in [1.165, 1.54) is 11.3 Å². The highest BCUT2D eigenvalue weighted by atomic mass is 32.1. The number of carbonyl (C=O) groups is 2. The van der Waals surface area contributed by atoms with Crippen LogP contribution in [0.1, 0.15) is 46.2 Å². The molecule has 116 valence electrons. The van der Waals surface area contributed by atoms with Crippen LogP contribution in [0.4, 0.5) is 5.13 Å². The summed E-state index contributed by atoms with van der Waals surface area (Å²) in [5.74, 6) is -0.766. The lowest BCUT2D eigenvalue weighted by Crippen LogP contribution is -2.17. The van der Waals surface area contributed by atoms with E-state index < -0.39 is 5.97 Å². The number of thiazole rings is 1. The molecule has 0 unspecified atom stereocenters. The maximum atomic E-state index is 12.3. The first-order chi connectivity index (χ1) is 9.66. The summed E-state index contributed by atoms with van der Waals surface area (Å²) in [6.45, 7) is 8.43. The number of carbonyl (C=O) groups excluding carboxylic acids is 1. The molecule has 1 fully saturated rings. The first kappa shape index (κ1) is 15.9. The summed E-state index contributed by atoms with van der Waals surface area (Å²) in [5.41, 5.74) is 0.864. The average molecular weight is 310 g/mol. The number of aliphatic carboxylic acids is 1. The van der Waals surface area contributed by atoms with Crippen molar-refractivity contribution in [1.82, 2.24) is 4.98 Å². The van der Waals surface area contributed by atoms with Gasteiger partial charge >= 0.3 is 5.97 Å². The smallest absolute Gasteiger partial charge is 0.303 e. The number of amides is 1. The molecule has 21 heavy (non-hydrogen) atoms. The summed E-state index contributed by atoms with van der Waals surface area (Å²) in [6.07, 6.45) is 1.33. The first-order valence-electron chi connectivity index (χ1n) is 7.13. The van der Waals surface area contributed by atoms with E-state index in [4.69, 9.17) is 5.11 Å². The highest BCUT2D eigenvalue weighted by Gasteiger charge is 2.68. The van der Waals surface area contributed by atoms with E-state index in [1.54, 1.807) is 0 Å². The van der Waals surface area contributed by atoms with E-state index in [9.17, 15) is 9.59 Å². The number of carboxylic acid groups (broad SMARTS) is 1. The lowest BCUT2D eigenvalue weighted by Gasteiger charge is -2.03. The van der Waals surface area contributed by atoms with Crippen molar-refractivity contribution in [3.63, 3.8) is 0 Å². The fourth-order valence-corrected chi connectivity index (χ4v) is 3.68. The van der Waals surface area contributed by atoms with Gasteiger partial charge in [-0.25, -0.2) is 4.98 Å². The standard InChI is InChI=1S/C15H22N2O3S/c1-14(2)11(15(14,3)4)12(20)17-13-16-9(8-21-13)6-5-7-10(18)19/h8,11H,5-7H2,1-4H3,(H,18,19)(H,16,17,20). The van der Waals surface area contributed by atoms with Gasteiger partial charge in [-0.05, 0) is 23.7 Å². The van der Waals surface area contributed by atoms with Crippen molar-refractivity contribution in [2.45, 2.75) is 47.0 Å². The van der Waals surface area contributed by atoms with Gasteiger partial charge in [-0.3, -0.25) is 9.59 Å². The highest BCUT2D eigenvalue weighted by Crippen LogP contribution is 2.68. The molecule has 0 aliphatic heterocycles. The number of aryl methyl sites for hydroxylation is 1. The van der Waals surface area contributed by atoms with Crippen LogP contribution in [0.2, 0.25) is 0 Å². The Hall–Kier alpha value is -1.43. The van der Waals surface area contributed by atoms with Gasteiger partial charge in [-0.2, -0.15) is 0 Å². The average Bonchev–Trinajstić information content (AvgIpc) is 2.64. The van der Waals surface area contributed by atoms with Crippen molar-refractivity contribution >= 4 is 28.3 Å². The van der Waals surface area contributed by atoms with Gasteiger partial charge in [-0.1, -0.05) is 27.7 Å². The van der Waals surface area contributed by atoms with Crippen LogP contribution in [0.5, 0.6) is 0 Å². The third-order valence-electron chi connectivity index (χ3n) is 4.89. The zero-order valence-corrected chi connectivity index (χ0v) is 13.7. The van der Waals surface area contributed by atoms with Gasteiger partial charge < -0.3 is 10.4 Å². The van der Waals surface area contributed by atoms with E-state index in [0.29, 0.717) is 18.0 Å². The van der Waals surface area contributed by atoms with E-state index in [-0.39, 0.29) is 29.1 Å². The van der Waals surface area contributed by atoms with Gasteiger partial charge in [-0.15, -0.1) is 11.3 Å². The van der Waals surface area contributed by atoms with Crippen LogP contribution < -0.4 is 5.32 Å². The van der Waals surface area contributed by atoms with Gasteiger partial charge in [0.1, 0.15) is 0 Å². The zero-order valence-electron chi connectivity index (χ0n) is 12.9. The Labute approximate surface area is 128 Å². The minimum absolute atomic E-state index is 0.00404. The summed E-state index contributed by atoms with van der Waals surface area (Å²) in [5, 5.41) is 14.0. The third kappa shape index (κ3) is 3.10. The number of hydrogen-bond acceptors (Lipinski definition) is 4. The third-order valence-corrected chi connectivity index (χ3v) is 5.69. The van der Waals surface area contributed by atoms with Crippen molar-refractivity contribution in [2.75, 3.05) is 5.32 Å². The van der Waals surface area contributed by atoms with Crippen molar-refractivity contribution in [1.29, 1.82) is 0 Å². The van der Waals surface area contributed by atoms with Gasteiger partial charge in [0, 0.05) is 17.7 Å². The normalized spacial score (nSPS) is 19.2. The SMILES string of the molecule is CC1(C)C(C(=O)Nc2nc(CCCC(=O)O)cs2)C1(C)C. The molecule has 1 saturated carbocycles. The van der Waals surface area contributed by atoms with Crippen LogP contribution in [0.3, 0.4) is 0 Å². The number of nitrogens with zero attached hydrogens (tertiary/aromatic N) is 1. The molecular formula is C15H22N2O3S. The second kappa shape index (κ2) is 5.40. The van der Waals surface area contributed by atoms with Gasteiger partial charge in [0.05, 0.1) is 5.69 Å². The molecule has 1 aromatic rings. The number of aromatic nitrogens is 1. The van der Waals surface area contributed by atoms with Crippen molar-refractivity contribution in [2.24, 2.45) is 16.7 Å². The van der Waals surface area contributed by atoms with Gasteiger partial charge in [0.25, 0.3) is 0 Å². The Morgan fingerprint density at radius 3 is 2.48 bits per heavy atom. The molecule has 1 amide bonds. The zero-order chi connectivity index (χ0) is 15.8. The number of anilines is 1. The van der Waals surface area contributed by atoms with E-state index >= 15 is 0 Å². The van der Waals surface area contributed by atoms with Crippen LogP contribution in [0, 0.1) is 16.7 Å².